The molecule has 0 aromatic carbocycles. The van der Waals surface area contributed by atoms with Crippen LogP contribution in [0, 0.1) is 11.3 Å². The fourth-order valence-corrected chi connectivity index (χ4v) is 1.50. The topological polar surface area (TPSA) is 49.9 Å². The molecular weight excluding hydrogens is 208 g/mol. The number of nitrogens with two attached hydrogens (primary N) is 1. The molecule has 0 rings (SSSR count). The molecule has 0 aliphatic heterocycles. The Morgan fingerprint density at radius 1 is 1.35 bits per heavy atom. The Balaban J connectivity index is 4.96. The van der Waals surface area contributed by atoms with Gasteiger partial charge in [-0.15, -0.1) is 0 Å². The van der Waals surface area contributed by atoms with Crippen LogP contribution >= 0.6 is 0 Å². The predicted molar refractivity (Wildman–Crippen MR) is 77.5 cm³/mol. The van der Waals surface area contributed by atoms with Gasteiger partial charge in [-0.25, -0.2) is 0 Å². The molecule has 2 unspecified atom stereocenters. The van der Waals surface area contributed by atoms with E-state index in [2.05, 4.69) is 26.5 Å². The van der Waals surface area contributed by atoms with Crippen molar-refractivity contribution >= 4 is 6.21 Å². The smallest absolute Gasteiger partial charge is 0.0124 e. The Morgan fingerprint density at radius 2 is 1.94 bits per heavy atom. The van der Waals surface area contributed by atoms with E-state index in [0.29, 0.717) is 0 Å². The van der Waals surface area contributed by atoms with Gasteiger partial charge in [0.05, 0.1) is 0 Å². The molecular formula is C15H26N2. The maximum absolute atomic E-state index is 7.43. The molecule has 2 atom stereocenters. The van der Waals surface area contributed by atoms with Gasteiger partial charge in [-0.1, -0.05) is 36.8 Å². The zero-order chi connectivity index (χ0) is 13.4. The highest BCUT2D eigenvalue weighted by atomic mass is 14.6. The van der Waals surface area contributed by atoms with Crippen molar-refractivity contribution in [2.45, 2.75) is 46.6 Å². The lowest BCUT2D eigenvalue weighted by Crippen LogP contribution is -2.27. The van der Waals surface area contributed by atoms with Crippen LogP contribution in [-0.2, 0) is 0 Å². The molecule has 0 aromatic rings. The van der Waals surface area contributed by atoms with Gasteiger partial charge in [-0.05, 0) is 39.2 Å². The first-order valence-corrected chi connectivity index (χ1v) is 6.20. The van der Waals surface area contributed by atoms with Crippen LogP contribution in [0.4, 0.5) is 0 Å². The second-order valence-electron chi connectivity index (χ2n) is 4.73. The molecule has 0 fully saturated rings. The van der Waals surface area contributed by atoms with Gasteiger partial charge in [-0.2, -0.15) is 0 Å². The maximum Gasteiger partial charge on any atom is 0.0124 e. The molecule has 0 aliphatic rings. The highest BCUT2D eigenvalue weighted by Crippen LogP contribution is 2.20. The molecule has 2 heteroatoms. The summed E-state index contributed by atoms with van der Waals surface area (Å²) in [4.78, 5) is 0. The normalized spacial score (nSPS) is 16.5. The van der Waals surface area contributed by atoms with Crippen molar-refractivity contribution in [3.63, 3.8) is 0 Å². The van der Waals surface area contributed by atoms with E-state index >= 15 is 0 Å². The molecule has 3 N–H and O–H groups in total. The Labute approximate surface area is 106 Å². The molecule has 0 amide bonds. The minimum Gasteiger partial charge on any atom is -0.327 e. The predicted octanol–water partition coefficient (Wildman–Crippen LogP) is 3.85. The lowest BCUT2D eigenvalue weighted by molar-refractivity contribution is 0.570. The van der Waals surface area contributed by atoms with Crippen LogP contribution in [0.15, 0.2) is 35.5 Å². The van der Waals surface area contributed by atoms with Crippen LogP contribution < -0.4 is 5.73 Å². The summed E-state index contributed by atoms with van der Waals surface area (Å²) in [6, 6.07) is 0.0189. The van der Waals surface area contributed by atoms with Gasteiger partial charge in [0, 0.05) is 18.2 Å². The summed E-state index contributed by atoms with van der Waals surface area (Å²) in [5, 5.41) is 7.43. The van der Waals surface area contributed by atoms with E-state index in [1.807, 2.05) is 19.9 Å². The average molecular weight is 234 g/mol. The molecule has 17 heavy (non-hydrogen) atoms. The molecule has 0 aromatic heterocycles. The van der Waals surface area contributed by atoms with E-state index in [1.54, 1.807) is 0 Å². The quantitative estimate of drug-likeness (QED) is 0.510. The Morgan fingerprint density at radius 3 is 2.29 bits per heavy atom. The van der Waals surface area contributed by atoms with Gasteiger partial charge in [0.2, 0.25) is 0 Å². The first-order chi connectivity index (χ1) is 7.92. The van der Waals surface area contributed by atoms with Gasteiger partial charge >= 0.3 is 0 Å². The zero-order valence-electron chi connectivity index (χ0n) is 11.6. The summed E-state index contributed by atoms with van der Waals surface area (Å²) in [7, 11) is 0. The third kappa shape index (κ3) is 6.22. The molecule has 2 nitrogen and oxygen atoms in total. The van der Waals surface area contributed by atoms with Crippen molar-refractivity contribution in [1.82, 2.24) is 0 Å². The fourth-order valence-electron chi connectivity index (χ4n) is 1.50. The highest BCUT2D eigenvalue weighted by Gasteiger charge is 2.13. The molecule has 0 aliphatic carbocycles. The third-order valence-electron chi connectivity index (χ3n) is 2.99. The number of rotatable bonds is 7. The molecule has 96 valence electrons. The van der Waals surface area contributed by atoms with Gasteiger partial charge in [0.15, 0.2) is 0 Å². The first-order valence-electron chi connectivity index (χ1n) is 6.20. The van der Waals surface area contributed by atoms with Crippen molar-refractivity contribution in [3.8, 4) is 0 Å². The van der Waals surface area contributed by atoms with E-state index < -0.39 is 0 Å². The summed E-state index contributed by atoms with van der Waals surface area (Å²) in [6.45, 7) is 12.1. The Hall–Kier alpha value is -1.15. The second kappa shape index (κ2) is 8.02. The summed E-state index contributed by atoms with van der Waals surface area (Å²) >= 11 is 0. The maximum atomic E-state index is 7.43. The van der Waals surface area contributed by atoms with Gasteiger partial charge < -0.3 is 11.1 Å². The second-order valence-corrected chi connectivity index (χ2v) is 4.73. The van der Waals surface area contributed by atoms with Crippen LogP contribution in [0.2, 0.25) is 0 Å². The van der Waals surface area contributed by atoms with Crippen molar-refractivity contribution < 1.29 is 0 Å². The van der Waals surface area contributed by atoms with Crippen molar-refractivity contribution in [2.24, 2.45) is 11.7 Å². The van der Waals surface area contributed by atoms with Gasteiger partial charge in [0.25, 0.3) is 0 Å². The van der Waals surface area contributed by atoms with Crippen LogP contribution in [0.3, 0.4) is 0 Å². The fraction of sp³-hybridized carbons (Fsp3) is 0.533. The number of hydrogen-bond acceptors (Lipinski definition) is 2. The first kappa shape index (κ1) is 15.9. The third-order valence-corrected chi connectivity index (χ3v) is 2.99. The Bertz CT molecular complexity index is 322. The van der Waals surface area contributed by atoms with E-state index in [1.165, 1.54) is 17.4 Å². The van der Waals surface area contributed by atoms with E-state index in [0.717, 1.165) is 18.4 Å². The molecule has 0 saturated carbocycles. The van der Waals surface area contributed by atoms with Crippen LogP contribution in [0.1, 0.15) is 40.5 Å². The molecule has 0 spiro atoms. The number of hydrogen-bond donors (Lipinski definition) is 2. The lowest BCUT2D eigenvalue weighted by Gasteiger charge is -2.17. The van der Waals surface area contributed by atoms with Crippen LogP contribution in [0.5, 0.6) is 0 Å². The minimum atomic E-state index is 0.0189. The largest absolute Gasteiger partial charge is 0.327 e. The molecule has 0 bridgehead atoms. The van der Waals surface area contributed by atoms with E-state index in [4.69, 9.17) is 11.1 Å². The molecule has 0 heterocycles. The van der Waals surface area contributed by atoms with Gasteiger partial charge in [0.1, 0.15) is 0 Å². The lowest BCUT2D eigenvalue weighted by atomic mass is 9.91. The summed E-state index contributed by atoms with van der Waals surface area (Å²) in [6.07, 6.45) is 7.46. The van der Waals surface area contributed by atoms with Crippen molar-refractivity contribution in [3.05, 3.63) is 35.5 Å². The van der Waals surface area contributed by atoms with E-state index in [-0.39, 0.29) is 12.0 Å². The minimum absolute atomic E-state index is 0.0189. The van der Waals surface area contributed by atoms with Crippen molar-refractivity contribution in [1.29, 1.82) is 5.41 Å². The SMILES string of the molecule is C=C(C)/C=C\C(CC(C=N)C(C)N)=C(\C)CC. The van der Waals surface area contributed by atoms with Crippen LogP contribution in [0.25, 0.3) is 0 Å². The van der Waals surface area contributed by atoms with Gasteiger partial charge in [-0.3, -0.25) is 0 Å². The summed E-state index contributed by atoms with van der Waals surface area (Å²) in [5.41, 5.74) is 9.55. The summed E-state index contributed by atoms with van der Waals surface area (Å²) < 4.78 is 0. The standard InChI is InChI=1S/C15H26N2/c1-6-12(4)14(8-7-11(2)3)9-15(10-16)13(5)17/h7-8,10,13,15-16H,2,6,9,17H2,1,3-5H3/b8-7-,14-12+,16-10?. The average Bonchev–Trinajstić information content (AvgIpc) is 2.27. The molecule has 0 saturated heterocycles. The zero-order valence-corrected chi connectivity index (χ0v) is 11.6. The van der Waals surface area contributed by atoms with Crippen LogP contribution in [-0.4, -0.2) is 12.3 Å². The Kier molecular flexibility index (Phi) is 7.47. The summed E-state index contributed by atoms with van der Waals surface area (Å²) in [5.74, 6) is 0.112. The highest BCUT2D eigenvalue weighted by molar-refractivity contribution is 5.59. The number of nitrogens with one attached hydrogen (secondary N) is 1. The van der Waals surface area contributed by atoms with E-state index in [9.17, 15) is 0 Å². The van der Waals surface area contributed by atoms with Crippen molar-refractivity contribution in [2.75, 3.05) is 0 Å². The monoisotopic (exact) mass is 234 g/mol. The number of allylic oxidation sites excluding steroid dienone is 5. The molecule has 0 radical (unpaired) electrons.